The smallest absolute Gasteiger partial charge is 0.326 e. The van der Waals surface area contributed by atoms with E-state index in [1.54, 1.807) is 18.2 Å². The van der Waals surface area contributed by atoms with E-state index in [-0.39, 0.29) is 17.9 Å². The first-order valence-electron chi connectivity index (χ1n) is 8.05. The molecule has 0 radical (unpaired) electrons. The normalized spacial score (nSPS) is 16.0. The van der Waals surface area contributed by atoms with E-state index < -0.39 is 23.6 Å². The number of aromatic hydroxyl groups is 1. The van der Waals surface area contributed by atoms with Gasteiger partial charge in [0.05, 0.1) is 12.3 Å². The molecule has 0 fully saturated rings. The number of hydrogen-bond acceptors (Lipinski definition) is 5. The summed E-state index contributed by atoms with van der Waals surface area (Å²) in [5.74, 6) is -3.53. The number of aryl methyl sites for hydroxylation is 1. The zero-order chi connectivity index (χ0) is 18.7. The van der Waals surface area contributed by atoms with E-state index in [0.29, 0.717) is 23.6 Å². The van der Waals surface area contributed by atoms with Crippen molar-refractivity contribution in [3.8, 4) is 5.75 Å². The number of phenolic OH excluding ortho intramolecular Hbond substituents is 1. The van der Waals surface area contributed by atoms with Gasteiger partial charge in [-0.05, 0) is 48.7 Å². The third kappa shape index (κ3) is 3.86. The number of carbonyl (C=O) groups excluding carboxylic acids is 3. The Morgan fingerprint density at radius 1 is 1.19 bits per heavy atom. The van der Waals surface area contributed by atoms with Gasteiger partial charge in [-0.1, -0.05) is 23.7 Å². The minimum absolute atomic E-state index is 0.0685. The van der Waals surface area contributed by atoms with Crippen LogP contribution in [0.1, 0.15) is 22.3 Å². The van der Waals surface area contributed by atoms with E-state index in [4.69, 9.17) is 16.3 Å². The van der Waals surface area contributed by atoms with Crippen LogP contribution < -0.4 is 5.32 Å². The molecule has 0 aromatic heterocycles. The second-order valence-corrected chi connectivity index (χ2v) is 6.35. The van der Waals surface area contributed by atoms with Crippen molar-refractivity contribution in [2.24, 2.45) is 5.92 Å². The van der Waals surface area contributed by atoms with Gasteiger partial charge in [0, 0.05) is 10.6 Å². The van der Waals surface area contributed by atoms with E-state index in [1.165, 1.54) is 18.2 Å². The van der Waals surface area contributed by atoms with Crippen molar-refractivity contribution in [1.82, 2.24) is 0 Å². The number of nitrogens with one attached hydrogen (secondary N) is 1. The number of anilines is 1. The molecule has 0 spiro atoms. The number of ether oxygens (including phenoxy) is 1. The maximum absolute atomic E-state index is 12.4. The van der Waals surface area contributed by atoms with Crippen LogP contribution in [0.4, 0.5) is 5.69 Å². The van der Waals surface area contributed by atoms with Crippen molar-refractivity contribution in [3.63, 3.8) is 0 Å². The Bertz CT molecular complexity index is 880. The van der Waals surface area contributed by atoms with Crippen molar-refractivity contribution < 1.29 is 24.2 Å². The largest absolute Gasteiger partial charge is 0.508 e. The Balaban J connectivity index is 1.58. The van der Waals surface area contributed by atoms with Crippen molar-refractivity contribution >= 4 is 34.9 Å². The van der Waals surface area contributed by atoms with E-state index in [2.05, 4.69) is 5.32 Å². The van der Waals surface area contributed by atoms with Crippen LogP contribution in [0.15, 0.2) is 42.5 Å². The molecule has 0 saturated heterocycles. The Hall–Kier alpha value is -2.86. The molecule has 0 bridgehead atoms. The first-order valence-corrected chi connectivity index (χ1v) is 8.42. The number of Topliss-reactive ketones (excluding diaryl/α,β-unsaturated/α-hetero) is 1. The number of benzene rings is 2. The number of amides is 1. The SMILES string of the molecule is O=C1Nc2cc(Cl)ccc2C(=O)C1C(=O)OCCCc1cccc(O)c1. The summed E-state index contributed by atoms with van der Waals surface area (Å²) in [6.07, 6.45) is 1.09. The summed E-state index contributed by atoms with van der Waals surface area (Å²) in [7, 11) is 0. The zero-order valence-electron chi connectivity index (χ0n) is 13.7. The molecule has 134 valence electrons. The van der Waals surface area contributed by atoms with Crippen LogP contribution in [0.5, 0.6) is 5.75 Å². The summed E-state index contributed by atoms with van der Waals surface area (Å²) in [6, 6.07) is 11.2. The maximum Gasteiger partial charge on any atom is 0.326 e. The zero-order valence-corrected chi connectivity index (χ0v) is 14.5. The lowest BCUT2D eigenvalue weighted by Crippen LogP contribution is -2.41. The van der Waals surface area contributed by atoms with Crippen LogP contribution in [0.2, 0.25) is 5.02 Å². The van der Waals surface area contributed by atoms with E-state index >= 15 is 0 Å². The molecule has 1 aliphatic rings. The average Bonchev–Trinajstić information content (AvgIpc) is 2.58. The van der Waals surface area contributed by atoms with Gasteiger partial charge in [0.2, 0.25) is 5.91 Å². The lowest BCUT2D eigenvalue weighted by molar-refractivity contribution is -0.149. The van der Waals surface area contributed by atoms with Crippen molar-refractivity contribution in [2.75, 3.05) is 11.9 Å². The predicted octanol–water partition coefficient (Wildman–Crippen LogP) is 2.97. The summed E-state index contributed by atoms with van der Waals surface area (Å²) in [5, 5.41) is 12.3. The Kier molecular flexibility index (Phi) is 5.23. The summed E-state index contributed by atoms with van der Waals surface area (Å²) in [6.45, 7) is 0.0685. The fourth-order valence-corrected chi connectivity index (χ4v) is 2.94. The second kappa shape index (κ2) is 7.58. The predicted molar refractivity (Wildman–Crippen MR) is 95.3 cm³/mol. The molecule has 0 aliphatic carbocycles. The molecule has 1 aliphatic heterocycles. The van der Waals surface area contributed by atoms with Gasteiger partial charge in [0.25, 0.3) is 0 Å². The molecule has 6 nitrogen and oxygen atoms in total. The van der Waals surface area contributed by atoms with Crippen LogP contribution in [-0.2, 0) is 20.7 Å². The van der Waals surface area contributed by atoms with Gasteiger partial charge < -0.3 is 15.2 Å². The third-order valence-corrected chi connectivity index (χ3v) is 4.26. The first kappa shape index (κ1) is 17.9. The van der Waals surface area contributed by atoms with Crippen molar-refractivity contribution in [2.45, 2.75) is 12.8 Å². The number of ketones is 1. The Labute approximate surface area is 154 Å². The molecular weight excluding hydrogens is 358 g/mol. The molecule has 2 N–H and O–H groups in total. The second-order valence-electron chi connectivity index (χ2n) is 5.92. The molecule has 3 rings (SSSR count). The highest BCUT2D eigenvalue weighted by molar-refractivity contribution is 6.33. The summed E-state index contributed by atoms with van der Waals surface area (Å²) < 4.78 is 5.10. The van der Waals surface area contributed by atoms with Crippen LogP contribution in [0, 0.1) is 5.92 Å². The minimum Gasteiger partial charge on any atom is -0.508 e. The molecule has 26 heavy (non-hydrogen) atoms. The highest BCUT2D eigenvalue weighted by atomic mass is 35.5. The van der Waals surface area contributed by atoms with Gasteiger partial charge in [-0.2, -0.15) is 0 Å². The van der Waals surface area contributed by atoms with E-state index in [1.807, 2.05) is 6.07 Å². The summed E-state index contributed by atoms with van der Waals surface area (Å²) in [5.41, 5.74) is 1.43. The van der Waals surface area contributed by atoms with Gasteiger partial charge >= 0.3 is 5.97 Å². The topological polar surface area (TPSA) is 92.7 Å². The lowest BCUT2D eigenvalue weighted by Gasteiger charge is -2.22. The first-order chi connectivity index (χ1) is 12.5. The Morgan fingerprint density at radius 3 is 2.77 bits per heavy atom. The minimum atomic E-state index is -1.51. The summed E-state index contributed by atoms with van der Waals surface area (Å²) in [4.78, 5) is 36.7. The van der Waals surface area contributed by atoms with Gasteiger partial charge in [-0.3, -0.25) is 14.4 Å². The number of esters is 1. The number of carbonyl (C=O) groups is 3. The number of phenols is 1. The molecule has 1 unspecified atom stereocenters. The molecule has 1 heterocycles. The molecule has 1 atom stereocenters. The molecule has 1 amide bonds. The highest BCUT2D eigenvalue weighted by Gasteiger charge is 2.40. The molecule has 7 heteroatoms. The fourth-order valence-electron chi connectivity index (χ4n) is 2.77. The van der Waals surface area contributed by atoms with E-state index in [9.17, 15) is 19.5 Å². The van der Waals surface area contributed by atoms with Crippen LogP contribution in [-0.4, -0.2) is 29.4 Å². The molecular formula is C19H16ClNO5. The van der Waals surface area contributed by atoms with E-state index in [0.717, 1.165) is 5.56 Å². The fraction of sp³-hybridized carbons (Fsp3) is 0.211. The lowest BCUT2D eigenvalue weighted by atomic mass is 9.92. The van der Waals surface area contributed by atoms with Gasteiger partial charge in [0.1, 0.15) is 5.75 Å². The maximum atomic E-state index is 12.4. The quantitative estimate of drug-likeness (QED) is 0.477. The van der Waals surface area contributed by atoms with Crippen LogP contribution >= 0.6 is 11.6 Å². The number of rotatable bonds is 5. The molecule has 2 aromatic carbocycles. The standard InChI is InChI=1S/C19H16ClNO5/c20-12-6-7-14-15(10-12)21-18(24)16(17(14)23)19(25)26-8-2-4-11-3-1-5-13(22)9-11/h1,3,5-7,9-10,16,22H,2,4,8H2,(H,21,24). The van der Waals surface area contributed by atoms with Gasteiger partial charge in [-0.15, -0.1) is 0 Å². The van der Waals surface area contributed by atoms with Crippen molar-refractivity contribution in [1.29, 1.82) is 0 Å². The monoisotopic (exact) mass is 373 g/mol. The van der Waals surface area contributed by atoms with Gasteiger partial charge in [-0.25, -0.2) is 0 Å². The third-order valence-electron chi connectivity index (χ3n) is 4.03. The van der Waals surface area contributed by atoms with Crippen LogP contribution in [0.3, 0.4) is 0 Å². The molecule has 2 aromatic rings. The van der Waals surface area contributed by atoms with Crippen molar-refractivity contribution in [3.05, 3.63) is 58.6 Å². The van der Waals surface area contributed by atoms with Crippen LogP contribution in [0.25, 0.3) is 0 Å². The number of fused-ring (bicyclic) bond motifs is 1. The van der Waals surface area contributed by atoms with Gasteiger partial charge in [0.15, 0.2) is 11.7 Å². The molecule has 0 saturated carbocycles. The highest BCUT2D eigenvalue weighted by Crippen LogP contribution is 2.29. The Morgan fingerprint density at radius 2 is 2.00 bits per heavy atom. The number of hydrogen-bond donors (Lipinski definition) is 2. The summed E-state index contributed by atoms with van der Waals surface area (Å²) >= 11 is 5.85. The number of halogens is 1. The average molecular weight is 374 g/mol.